The first-order chi connectivity index (χ1) is 11.4. The number of imide groups is 1. The van der Waals surface area contributed by atoms with E-state index in [4.69, 9.17) is 10.5 Å². The maximum Gasteiger partial charge on any atom is 0.341 e. The van der Waals surface area contributed by atoms with Crippen molar-refractivity contribution < 1.29 is 19.1 Å². The van der Waals surface area contributed by atoms with E-state index in [0.29, 0.717) is 11.3 Å². The first-order valence-electron chi connectivity index (χ1n) is 8.01. The maximum atomic E-state index is 12.4. The Labute approximate surface area is 141 Å². The zero-order valence-electron chi connectivity index (χ0n) is 14.3. The summed E-state index contributed by atoms with van der Waals surface area (Å²) in [6, 6.07) is 5.95. The number of nitrogens with one attached hydrogen (secondary N) is 2. The quantitative estimate of drug-likeness (QED) is 0.498. The Hall–Kier alpha value is -2.57. The van der Waals surface area contributed by atoms with Crippen LogP contribution in [0, 0.1) is 5.92 Å². The molecule has 0 bridgehead atoms. The van der Waals surface area contributed by atoms with E-state index in [9.17, 15) is 14.4 Å². The molecule has 0 aliphatic carbocycles. The Balaban J connectivity index is 2.88. The number of benzene rings is 1. The number of hydrogen-bond acceptors (Lipinski definition) is 5. The molecule has 0 fully saturated rings. The van der Waals surface area contributed by atoms with Crippen LogP contribution in [0.3, 0.4) is 0 Å². The minimum Gasteiger partial charge on any atom is -0.448 e. The van der Waals surface area contributed by atoms with Crippen molar-refractivity contribution in [1.29, 1.82) is 0 Å². The molecule has 0 saturated carbocycles. The molecule has 3 amide bonds. The predicted molar refractivity (Wildman–Crippen MR) is 91.6 cm³/mol. The standard InChI is InChI=1S/C17H25N3O4/c1-4-5-10-19-13-9-7-6-8-12(13)16(22)24-14(11(2)3)15(21)20-17(18)23/h6-9,11,14,19H,4-5,10H2,1-3H3,(H3,18,20,21,23)/t14-/m0/s1. The number of hydrogen-bond donors (Lipinski definition) is 3. The molecule has 0 spiro atoms. The van der Waals surface area contributed by atoms with E-state index in [2.05, 4.69) is 12.2 Å². The number of para-hydroxylation sites is 1. The third-order valence-electron chi connectivity index (χ3n) is 3.34. The van der Waals surface area contributed by atoms with Crippen LogP contribution in [-0.4, -0.2) is 30.6 Å². The highest BCUT2D eigenvalue weighted by Gasteiger charge is 2.28. The van der Waals surface area contributed by atoms with Crippen LogP contribution in [0.1, 0.15) is 44.0 Å². The molecule has 0 radical (unpaired) electrons. The fraction of sp³-hybridized carbons (Fsp3) is 0.471. The second-order valence-corrected chi connectivity index (χ2v) is 5.75. The molecule has 0 aromatic heterocycles. The third-order valence-corrected chi connectivity index (χ3v) is 3.34. The summed E-state index contributed by atoms with van der Waals surface area (Å²) in [6.45, 7) is 6.23. The van der Waals surface area contributed by atoms with E-state index < -0.39 is 24.0 Å². The molecule has 7 heteroatoms. The Morgan fingerprint density at radius 2 is 1.88 bits per heavy atom. The van der Waals surface area contributed by atoms with Crippen LogP contribution in [-0.2, 0) is 9.53 Å². The Morgan fingerprint density at radius 1 is 1.21 bits per heavy atom. The van der Waals surface area contributed by atoms with Crippen molar-refractivity contribution in [3.63, 3.8) is 0 Å². The molecule has 1 aromatic rings. The number of amides is 3. The van der Waals surface area contributed by atoms with Crippen LogP contribution in [0.15, 0.2) is 24.3 Å². The molecular formula is C17H25N3O4. The highest BCUT2D eigenvalue weighted by Crippen LogP contribution is 2.19. The Morgan fingerprint density at radius 3 is 2.46 bits per heavy atom. The van der Waals surface area contributed by atoms with Gasteiger partial charge >= 0.3 is 12.0 Å². The molecule has 0 saturated heterocycles. The lowest BCUT2D eigenvalue weighted by molar-refractivity contribution is -0.130. The summed E-state index contributed by atoms with van der Waals surface area (Å²) in [4.78, 5) is 35.2. The Bertz CT molecular complexity index is 587. The van der Waals surface area contributed by atoms with Crippen LogP contribution in [0.4, 0.5) is 10.5 Å². The first-order valence-corrected chi connectivity index (χ1v) is 8.01. The Kier molecular flexibility index (Phi) is 7.74. The molecule has 1 aromatic carbocycles. The fourth-order valence-electron chi connectivity index (χ4n) is 2.08. The van der Waals surface area contributed by atoms with Gasteiger partial charge in [-0.1, -0.05) is 39.3 Å². The molecule has 1 rings (SSSR count). The van der Waals surface area contributed by atoms with Gasteiger partial charge in [-0.3, -0.25) is 10.1 Å². The smallest absolute Gasteiger partial charge is 0.341 e. The highest BCUT2D eigenvalue weighted by molar-refractivity contribution is 6.00. The molecule has 0 heterocycles. The topological polar surface area (TPSA) is 111 Å². The van der Waals surface area contributed by atoms with Crippen LogP contribution in [0.5, 0.6) is 0 Å². The SMILES string of the molecule is CCCCNc1ccccc1C(=O)O[C@H](C(=O)NC(N)=O)C(C)C. The summed E-state index contributed by atoms with van der Waals surface area (Å²) < 4.78 is 5.31. The largest absolute Gasteiger partial charge is 0.448 e. The number of ether oxygens (including phenoxy) is 1. The lowest BCUT2D eigenvalue weighted by atomic mass is 10.1. The minimum absolute atomic E-state index is 0.312. The summed E-state index contributed by atoms with van der Waals surface area (Å²) in [5, 5.41) is 5.13. The number of primary amides is 1. The zero-order chi connectivity index (χ0) is 18.1. The van der Waals surface area contributed by atoms with Gasteiger partial charge in [-0.05, 0) is 24.5 Å². The van der Waals surface area contributed by atoms with Crippen LogP contribution in [0.2, 0.25) is 0 Å². The number of rotatable bonds is 8. The van der Waals surface area contributed by atoms with Gasteiger partial charge < -0.3 is 15.8 Å². The number of carbonyl (C=O) groups excluding carboxylic acids is 3. The van der Waals surface area contributed by atoms with Crippen molar-refractivity contribution in [3.8, 4) is 0 Å². The van der Waals surface area contributed by atoms with Gasteiger partial charge in [0.15, 0.2) is 6.10 Å². The molecule has 0 aliphatic heterocycles. The van der Waals surface area contributed by atoms with Crippen LogP contribution < -0.4 is 16.4 Å². The fourth-order valence-corrected chi connectivity index (χ4v) is 2.08. The van der Waals surface area contributed by atoms with E-state index in [-0.39, 0.29) is 5.92 Å². The van der Waals surface area contributed by atoms with Crippen molar-refractivity contribution in [2.75, 3.05) is 11.9 Å². The predicted octanol–water partition coefficient (Wildman–Crippen LogP) is 2.27. The number of unbranched alkanes of at least 4 members (excludes halogenated alkanes) is 1. The van der Waals surface area contributed by atoms with Crippen molar-refractivity contribution in [2.45, 2.75) is 39.7 Å². The average Bonchev–Trinajstić information content (AvgIpc) is 2.52. The third kappa shape index (κ3) is 5.91. The molecule has 7 nitrogen and oxygen atoms in total. The lowest BCUT2D eigenvalue weighted by Crippen LogP contribution is -2.45. The summed E-state index contributed by atoms with van der Waals surface area (Å²) in [7, 11) is 0. The van der Waals surface area contributed by atoms with Gasteiger partial charge in [-0.25, -0.2) is 9.59 Å². The number of nitrogens with two attached hydrogens (primary N) is 1. The van der Waals surface area contributed by atoms with Crippen molar-refractivity contribution in [1.82, 2.24) is 5.32 Å². The summed E-state index contributed by atoms with van der Waals surface area (Å²) >= 11 is 0. The zero-order valence-corrected chi connectivity index (χ0v) is 14.3. The van der Waals surface area contributed by atoms with Crippen LogP contribution in [0.25, 0.3) is 0 Å². The van der Waals surface area contributed by atoms with Gasteiger partial charge in [0, 0.05) is 12.2 Å². The minimum atomic E-state index is -1.10. The van der Waals surface area contributed by atoms with Crippen molar-refractivity contribution in [3.05, 3.63) is 29.8 Å². The normalized spacial score (nSPS) is 11.7. The lowest BCUT2D eigenvalue weighted by Gasteiger charge is -2.20. The number of esters is 1. The van der Waals surface area contributed by atoms with Gasteiger partial charge in [0.1, 0.15) is 0 Å². The molecule has 0 unspecified atom stereocenters. The van der Waals surface area contributed by atoms with Gasteiger partial charge in [0.05, 0.1) is 5.56 Å². The molecule has 0 aliphatic rings. The molecule has 1 atom stereocenters. The van der Waals surface area contributed by atoms with Crippen molar-refractivity contribution >= 4 is 23.6 Å². The second kappa shape index (κ2) is 9.54. The van der Waals surface area contributed by atoms with E-state index in [0.717, 1.165) is 19.4 Å². The number of urea groups is 1. The number of carbonyl (C=O) groups is 3. The molecular weight excluding hydrogens is 310 g/mol. The van der Waals surface area contributed by atoms with Gasteiger partial charge in [0.2, 0.25) is 0 Å². The van der Waals surface area contributed by atoms with E-state index in [1.807, 2.05) is 11.4 Å². The first kappa shape index (κ1) is 19.5. The monoisotopic (exact) mass is 335 g/mol. The van der Waals surface area contributed by atoms with E-state index >= 15 is 0 Å². The van der Waals surface area contributed by atoms with Crippen molar-refractivity contribution in [2.24, 2.45) is 11.7 Å². The van der Waals surface area contributed by atoms with Gasteiger partial charge in [-0.15, -0.1) is 0 Å². The second-order valence-electron chi connectivity index (χ2n) is 5.75. The molecule has 4 N–H and O–H groups in total. The highest BCUT2D eigenvalue weighted by atomic mass is 16.5. The van der Waals surface area contributed by atoms with Gasteiger partial charge in [0.25, 0.3) is 5.91 Å². The molecule has 132 valence electrons. The van der Waals surface area contributed by atoms with E-state index in [1.54, 1.807) is 32.0 Å². The van der Waals surface area contributed by atoms with Gasteiger partial charge in [-0.2, -0.15) is 0 Å². The van der Waals surface area contributed by atoms with E-state index in [1.165, 1.54) is 0 Å². The molecule has 24 heavy (non-hydrogen) atoms. The average molecular weight is 335 g/mol. The summed E-state index contributed by atoms with van der Waals surface area (Å²) in [5.74, 6) is -1.68. The number of anilines is 1. The summed E-state index contributed by atoms with van der Waals surface area (Å²) in [5.41, 5.74) is 5.93. The maximum absolute atomic E-state index is 12.4. The summed E-state index contributed by atoms with van der Waals surface area (Å²) in [6.07, 6.45) is 0.898. The van der Waals surface area contributed by atoms with Crippen LogP contribution >= 0.6 is 0 Å².